The van der Waals surface area contributed by atoms with E-state index in [1.54, 1.807) is 24.3 Å². The molecule has 2 aromatic rings. The summed E-state index contributed by atoms with van der Waals surface area (Å²) in [5.74, 6) is -0.379. The summed E-state index contributed by atoms with van der Waals surface area (Å²) < 4.78 is 25.5. The Morgan fingerprint density at radius 3 is 2.29 bits per heavy atom. The average molecular weight is 346 g/mol. The predicted octanol–water partition coefficient (Wildman–Crippen LogP) is 2.96. The van der Waals surface area contributed by atoms with Crippen molar-refractivity contribution in [2.45, 2.75) is 20.3 Å². The van der Waals surface area contributed by atoms with Crippen LogP contribution in [0.15, 0.2) is 48.5 Å². The molecule has 0 spiro atoms. The first-order valence-electron chi connectivity index (χ1n) is 7.73. The Morgan fingerprint density at radius 1 is 1.08 bits per heavy atom. The standard InChI is InChI=1S/C18H22N2O3S/c1-4-15-7-5-6-8-17(15)20(24(3,22)23)13-18(21)19-16-11-9-14(2)10-12-16/h5-12H,4,13H2,1-3H3,(H,19,21). The van der Waals surface area contributed by atoms with Crippen molar-refractivity contribution in [1.29, 1.82) is 0 Å². The van der Waals surface area contributed by atoms with E-state index in [4.69, 9.17) is 0 Å². The van der Waals surface area contributed by atoms with Crippen LogP contribution in [-0.2, 0) is 21.2 Å². The molecule has 0 aliphatic carbocycles. The van der Waals surface area contributed by atoms with Crippen LogP contribution in [0.4, 0.5) is 11.4 Å². The predicted molar refractivity (Wildman–Crippen MR) is 97.8 cm³/mol. The van der Waals surface area contributed by atoms with E-state index in [1.807, 2.05) is 38.1 Å². The van der Waals surface area contributed by atoms with Crippen LogP contribution in [0.25, 0.3) is 0 Å². The third-order valence-electron chi connectivity index (χ3n) is 3.66. The number of amides is 1. The molecule has 0 unspecified atom stereocenters. The monoisotopic (exact) mass is 346 g/mol. The zero-order chi connectivity index (χ0) is 17.7. The van der Waals surface area contributed by atoms with Crippen molar-refractivity contribution in [2.24, 2.45) is 0 Å². The molecule has 0 saturated carbocycles. The summed E-state index contributed by atoms with van der Waals surface area (Å²) in [7, 11) is -3.57. The quantitative estimate of drug-likeness (QED) is 0.874. The van der Waals surface area contributed by atoms with Gasteiger partial charge in [-0.3, -0.25) is 9.10 Å². The van der Waals surface area contributed by atoms with Crippen LogP contribution < -0.4 is 9.62 Å². The van der Waals surface area contributed by atoms with Crippen molar-refractivity contribution < 1.29 is 13.2 Å². The van der Waals surface area contributed by atoms with Gasteiger partial charge in [-0.15, -0.1) is 0 Å². The number of aryl methyl sites for hydroxylation is 2. The van der Waals surface area contributed by atoms with E-state index in [0.717, 1.165) is 21.7 Å². The van der Waals surface area contributed by atoms with Crippen LogP contribution in [0.1, 0.15) is 18.1 Å². The SMILES string of the molecule is CCc1ccccc1N(CC(=O)Nc1ccc(C)cc1)S(C)(=O)=O. The van der Waals surface area contributed by atoms with E-state index >= 15 is 0 Å². The highest BCUT2D eigenvalue weighted by atomic mass is 32.2. The molecule has 1 N–H and O–H groups in total. The number of hydrogen-bond acceptors (Lipinski definition) is 3. The van der Waals surface area contributed by atoms with Gasteiger partial charge in [-0.1, -0.05) is 42.8 Å². The first-order valence-corrected chi connectivity index (χ1v) is 9.58. The molecule has 128 valence electrons. The van der Waals surface area contributed by atoms with Crippen molar-refractivity contribution in [1.82, 2.24) is 0 Å². The van der Waals surface area contributed by atoms with Crippen LogP contribution in [0, 0.1) is 6.92 Å². The number of rotatable bonds is 6. The first-order chi connectivity index (χ1) is 11.3. The molecular formula is C18H22N2O3S. The molecule has 0 atom stereocenters. The van der Waals surface area contributed by atoms with Crippen LogP contribution in [0.2, 0.25) is 0 Å². The smallest absolute Gasteiger partial charge is 0.245 e. The molecule has 2 rings (SSSR count). The topological polar surface area (TPSA) is 66.5 Å². The molecular weight excluding hydrogens is 324 g/mol. The molecule has 0 aromatic heterocycles. The van der Waals surface area contributed by atoms with Crippen LogP contribution >= 0.6 is 0 Å². The summed E-state index contributed by atoms with van der Waals surface area (Å²) in [6, 6.07) is 14.6. The van der Waals surface area contributed by atoms with Gasteiger partial charge < -0.3 is 5.32 Å². The van der Waals surface area contributed by atoms with Crippen molar-refractivity contribution >= 4 is 27.3 Å². The maximum absolute atomic E-state index is 12.3. The summed E-state index contributed by atoms with van der Waals surface area (Å²) in [6.45, 7) is 3.65. The highest BCUT2D eigenvalue weighted by Gasteiger charge is 2.22. The molecule has 2 aromatic carbocycles. The zero-order valence-electron chi connectivity index (χ0n) is 14.1. The van der Waals surface area contributed by atoms with Crippen molar-refractivity contribution in [3.63, 3.8) is 0 Å². The Balaban J connectivity index is 2.23. The van der Waals surface area contributed by atoms with Crippen molar-refractivity contribution in [3.8, 4) is 0 Å². The lowest BCUT2D eigenvalue weighted by atomic mass is 10.1. The number of carbonyl (C=O) groups is 1. The molecule has 24 heavy (non-hydrogen) atoms. The highest BCUT2D eigenvalue weighted by molar-refractivity contribution is 7.92. The summed E-state index contributed by atoms with van der Waals surface area (Å²) in [6.07, 6.45) is 1.79. The molecule has 0 aliphatic rings. The Kier molecular flexibility index (Phi) is 5.62. The number of benzene rings is 2. The number of nitrogens with zero attached hydrogens (tertiary/aromatic N) is 1. The van der Waals surface area contributed by atoms with Gasteiger partial charge in [0.1, 0.15) is 6.54 Å². The van der Waals surface area contributed by atoms with Crippen LogP contribution in [-0.4, -0.2) is 27.1 Å². The Labute approximate surface area is 143 Å². The normalized spacial score (nSPS) is 11.1. The molecule has 0 saturated heterocycles. The molecule has 0 bridgehead atoms. The largest absolute Gasteiger partial charge is 0.325 e. The molecule has 0 heterocycles. The van der Waals surface area contributed by atoms with E-state index in [9.17, 15) is 13.2 Å². The third kappa shape index (κ3) is 4.58. The fourth-order valence-electron chi connectivity index (χ4n) is 2.40. The fourth-order valence-corrected chi connectivity index (χ4v) is 3.29. The summed E-state index contributed by atoms with van der Waals surface area (Å²) in [5, 5.41) is 2.73. The minimum absolute atomic E-state index is 0.260. The van der Waals surface area contributed by atoms with E-state index < -0.39 is 10.0 Å². The van der Waals surface area contributed by atoms with Gasteiger partial charge in [0.05, 0.1) is 11.9 Å². The van der Waals surface area contributed by atoms with Crippen LogP contribution in [0.5, 0.6) is 0 Å². The van der Waals surface area contributed by atoms with Gasteiger partial charge in [0.25, 0.3) is 0 Å². The number of para-hydroxylation sites is 1. The third-order valence-corrected chi connectivity index (χ3v) is 4.79. The van der Waals surface area contributed by atoms with E-state index in [0.29, 0.717) is 17.8 Å². The minimum atomic E-state index is -3.57. The second kappa shape index (κ2) is 7.49. The second-order valence-electron chi connectivity index (χ2n) is 5.67. The Hall–Kier alpha value is -2.34. The summed E-state index contributed by atoms with van der Waals surface area (Å²) in [4.78, 5) is 12.3. The average Bonchev–Trinajstić information content (AvgIpc) is 2.54. The van der Waals surface area contributed by atoms with E-state index in [-0.39, 0.29) is 12.5 Å². The van der Waals surface area contributed by atoms with Crippen molar-refractivity contribution in [3.05, 3.63) is 59.7 Å². The number of carbonyl (C=O) groups excluding carboxylic acids is 1. The van der Waals surface area contributed by atoms with E-state index in [2.05, 4.69) is 5.32 Å². The fraction of sp³-hybridized carbons (Fsp3) is 0.278. The minimum Gasteiger partial charge on any atom is -0.325 e. The maximum atomic E-state index is 12.3. The second-order valence-corrected chi connectivity index (χ2v) is 7.57. The van der Waals surface area contributed by atoms with Gasteiger partial charge in [-0.05, 0) is 37.1 Å². The molecule has 0 fully saturated rings. The number of hydrogen-bond donors (Lipinski definition) is 1. The highest BCUT2D eigenvalue weighted by Crippen LogP contribution is 2.23. The molecule has 6 heteroatoms. The van der Waals surface area contributed by atoms with Gasteiger partial charge in [-0.2, -0.15) is 0 Å². The maximum Gasteiger partial charge on any atom is 0.245 e. The van der Waals surface area contributed by atoms with Gasteiger partial charge >= 0.3 is 0 Å². The van der Waals surface area contributed by atoms with E-state index in [1.165, 1.54) is 0 Å². The zero-order valence-corrected chi connectivity index (χ0v) is 14.9. The molecule has 0 radical (unpaired) electrons. The lowest BCUT2D eigenvalue weighted by Crippen LogP contribution is -2.38. The number of nitrogens with one attached hydrogen (secondary N) is 1. The van der Waals surface area contributed by atoms with Gasteiger partial charge in [0, 0.05) is 5.69 Å². The summed E-state index contributed by atoms with van der Waals surface area (Å²) >= 11 is 0. The Morgan fingerprint density at radius 2 is 1.71 bits per heavy atom. The van der Waals surface area contributed by atoms with Crippen molar-refractivity contribution in [2.75, 3.05) is 22.4 Å². The lowest BCUT2D eigenvalue weighted by Gasteiger charge is -2.24. The number of sulfonamides is 1. The van der Waals surface area contributed by atoms with Gasteiger partial charge in [-0.25, -0.2) is 8.42 Å². The van der Waals surface area contributed by atoms with Crippen LogP contribution in [0.3, 0.4) is 0 Å². The van der Waals surface area contributed by atoms with Gasteiger partial charge in [0.15, 0.2) is 0 Å². The Bertz CT molecular complexity index is 814. The molecule has 1 amide bonds. The van der Waals surface area contributed by atoms with Gasteiger partial charge in [0.2, 0.25) is 15.9 Å². The summed E-state index contributed by atoms with van der Waals surface area (Å²) in [5.41, 5.74) is 3.15. The first kappa shape index (κ1) is 18.0. The molecule has 5 nitrogen and oxygen atoms in total. The molecule has 0 aliphatic heterocycles. The lowest BCUT2D eigenvalue weighted by molar-refractivity contribution is -0.114. The number of anilines is 2.